The molecule has 0 saturated heterocycles. The quantitative estimate of drug-likeness (QED) is 0.191. The summed E-state index contributed by atoms with van der Waals surface area (Å²) in [5, 5.41) is 2.56. The molecule has 0 N–H and O–H groups in total. The van der Waals surface area contributed by atoms with Gasteiger partial charge in [-0.05, 0) is 58.0 Å². The van der Waals surface area contributed by atoms with E-state index >= 15 is 0 Å². The average Bonchev–Trinajstić information content (AvgIpc) is 3.55. The van der Waals surface area contributed by atoms with Gasteiger partial charge in [-0.15, -0.1) is 0 Å². The van der Waals surface area contributed by atoms with Crippen LogP contribution in [0, 0.1) is 0 Å². The highest BCUT2D eigenvalue weighted by atomic mass is 15.0. The smallest absolute Gasteiger partial charge is 0.164 e. The maximum atomic E-state index is 5.09. The second kappa shape index (κ2) is 10.7. The van der Waals surface area contributed by atoms with Crippen LogP contribution < -0.4 is 0 Å². The number of fused-ring (bicyclic) bond motifs is 11. The van der Waals surface area contributed by atoms with Crippen LogP contribution in [-0.4, -0.2) is 19.5 Å². The second-order valence-electron chi connectivity index (χ2n) is 13.6. The highest BCUT2D eigenvalue weighted by molar-refractivity contribution is 6.12. The van der Waals surface area contributed by atoms with Crippen LogP contribution in [0.5, 0.6) is 0 Å². The lowest BCUT2D eigenvalue weighted by Gasteiger charge is -2.45. The van der Waals surface area contributed by atoms with Gasteiger partial charge in [-0.25, -0.2) is 15.0 Å². The van der Waals surface area contributed by atoms with Gasteiger partial charge in [0, 0.05) is 27.5 Å². The van der Waals surface area contributed by atoms with Crippen LogP contribution in [0.2, 0.25) is 0 Å². The van der Waals surface area contributed by atoms with Crippen LogP contribution in [0.25, 0.3) is 61.7 Å². The standard InChI is InChI=1S/C47H30N4/c1-3-14-30(15-4-1)44-48-45(31-16-5-2-6-17-31)50-46(49-44)33-26-27-38-34(29-33)28-32-18-7-9-21-37(32)47(38)39-22-10-12-25-42(39)51-41-24-11-8-19-35(41)36-20-13-23-40(47)43(36)51/h1-27,29H,28H2. The van der Waals surface area contributed by atoms with E-state index < -0.39 is 5.41 Å². The SMILES string of the molecule is c1ccc(-c2nc(-c3ccccc3)nc(-c3ccc4c(c3)Cc3ccccc3C43c4ccccc4-n4c5ccccc5c5cccc3c54)n2)cc1. The van der Waals surface area contributed by atoms with E-state index in [9.17, 15) is 0 Å². The molecule has 0 fully saturated rings. The van der Waals surface area contributed by atoms with Crippen molar-refractivity contribution >= 4 is 21.8 Å². The Kier molecular flexibility index (Phi) is 5.90. The Hall–Kier alpha value is -6.65. The summed E-state index contributed by atoms with van der Waals surface area (Å²) in [7, 11) is 0. The molecule has 1 aliphatic carbocycles. The third-order valence-electron chi connectivity index (χ3n) is 10.9. The van der Waals surface area contributed by atoms with Gasteiger partial charge < -0.3 is 4.57 Å². The molecule has 3 heterocycles. The predicted octanol–water partition coefficient (Wildman–Crippen LogP) is 10.6. The molecule has 4 nitrogen and oxygen atoms in total. The highest BCUT2D eigenvalue weighted by Crippen LogP contribution is 2.57. The van der Waals surface area contributed by atoms with Gasteiger partial charge in [-0.1, -0.05) is 152 Å². The van der Waals surface area contributed by atoms with E-state index in [0.717, 1.165) is 23.1 Å². The molecule has 4 heteroatoms. The van der Waals surface area contributed by atoms with Gasteiger partial charge >= 0.3 is 0 Å². The van der Waals surface area contributed by atoms with Crippen molar-refractivity contribution in [1.29, 1.82) is 0 Å². The molecular formula is C47H30N4. The Bertz CT molecular complexity index is 2780. The van der Waals surface area contributed by atoms with Crippen LogP contribution in [0.15, 0.2) is 170 Å². The molecule has 0 amide bonds. The molecule has 238 valence electrons. The van der Waals surface area contributed by atoms with Crippen molar-refractivity contribution in [2.45, 2.75) is 11.8 Å². The molecule has 7 aromatic carbocycles. The summed E-state index contributed by atoms with van der Waals surface area (Å²) in [6.07, 6.45) is 0.824. The van der Waals surface area contributed by atoms with Gasteiger partial charge in [0.25, 0.3) is 0 Å². The number of rotatable bonds is 3. The molecule has 2 aliphatic rings. The topological polar surface area (TPSA) is 43.6 Å². The maximum Gasteiger partial charge on any atom is 0.164 e. The van der Waals surface area contributed by atoms with Crippen molar-refractivity contribution in [2.24, 2.45) is 0 Å². The second-order valence-corrected chi connectivity index (χ2v) is 13.6. The molecule has 0 radical (unpaired) electrons. The van der Waals surface area contributed by atoms with E-state index in [1.807, 2.05) is 36.4 Å². The van der Waals surface area contributed by atoms with E-state index in [-0.39, 0.29) is 0 Å². The monoisotopic (exact) mass is 650 g/mol. The number of hydrogen-bond acceptors (Lipinski definition) is 3. The molecule has 2 aromatic heterocycles. The molecule has 0 saturated carbocycles. The van der Waals surface area contributed by atoms with Gasteiger partial charge in [-0.2, -0.15) is 0 Å². The van der Waals surface area contributed by atoms with Crippen molar-refractivity contribution in [3.05, 3.63) is 203 Å². The van der Waals surface area contributed by atoms with Crippen LogP contribution >= 0.6 is 0 Å². The number of benzene rings is 7. The van der Waals surface area contributed by atoms with Gasteiger partial charge in [0.15, 0.2) is 17.5 Å². The fourth-order valence-corrected chi connectivity index (χ4v) is 8.86. The average molecular weight is 651 g/mol. The van der Waals surface area contributed by atoms with Gasteiger partial charge in [0.1, 0.15) is 0 Å². The Labute approximate surface area is 295 Å². The Balaban J connectivity index is 1.20. The minimum Gasteiger partial charge on any atom is -0.309 e. The summed E-state index contributed by atoms with van der Waals surface area (Å²) in [6, 6.07) is 61.0. The molecule has 51 heavy (non-hydrogen) atoms. The summed E-state index contributed by atoms with van der Waals surface area (Å²) < 4.78 is 2.49. The van der Waals surface area contributed by atoms with Gasteiger partial charge in [-0.3, -0.25) is 0 Å². The third kappa shape index (κ3) is 3.93. The summed E-state index contributed by atoms with van der Waals surface area (Å²) in [5.41, 5.74) is 14.0. The van der Waals surface area contributed by atoms with Crippen molar-refractivity contribution < 1.29 is 0 Å². The minimum atomic E-state index is -0.507. The molecule has 1 unspecified atom stereocenters. The van der Waals surface area contributed by atoms with Crippen LogP contribution in [0.4, 0.5) is 0 Å². The first-order valence-electron chi connectivity index (χ1n) is 17.5. The molecule has 1 spiro atoms. The Morgan fingerprint density at radius 3 is 1.75 bits per heavy atom. The third-order valence-corrected chi connectivity index (χ3v) is 10.9. The molecule has 9 aromatic rings. The molecule has 1 atom stereocenters. The minimum absolute atomic E-state index is 0.507. The summed E-state index contributed by atoms with van der Waals surface area (Å²) in [6.45, 7) is 0. The summed E-state index contributed by atoms with van der Waals surface area (Å²) in [5.74, 6) is 2.00. The number of para-hydroxylation sites is 3. The number of hydrogen-bond donors (Lipinski definition) is 0. The van der Waals surface area contributed by atoms with Gasteiger partial charge in [0.05, 0.1) is 22.1 Å². The van der Waals surface area contributed by atoms with Crippen molar-refractivity contribution in [2.75, 3.05) is 0 Å². The van der Waals surface area contributed by atoms with Gasteiger partial charge in [0.2, 0.25) is 0 Å². The zero-order valence-corrected chi connectivity index (χ0v) is 27.7. The normalized spacial score (nSPS) is 15.5. The van der Waals surface area contributed by atoms with Crippen LogP contribution in [0.1, 0.15) is 33.4 Å². The van der Waals surface area contributed by atoms with E-state index in [1.165, 1.54) is 60.9 Å². The first-order valence-corrected chi connectivity index (χ1v) is 17.5. The number of nitrogens with zero attached hydrogens (tertiary/aromatic N) is 4. The molecule has 11 rings (SSSR count). The van der Waals surface area contributed by atoms with Crippen molar-refractivity contribution in [3.8, 4) is 39.9 Å². The first-order chi connectivity index (χ1) is 25.3. The maximum absolute atomic E-state index is 5.09. The molecule has 0 bridgehead atoms. The van der Waals surface area contributed by atoms with Crippen molar-refractivity contribution in [3.63, 3.8) is 0 Å². The zero-order chi connectivity index (χ0) is 33.5. The molecular weight excluding hydrogens is 621 g/mol. The lowest BCUT2D eigenvalue weighted by molar-refractivity contribution is 0.690. The summed E-state index contributed by atoms with van der Waals surface area (Å²) >= 11 is 0. The Morgan fingerprint density at radius 2 is 0.980 bits per heavy atom. The fourth-order valence-electron chi connectivity index (χ4n) is 8.86. The number of aromatic nitrogens is 4. The fraction of sp³-hybridized carbons (Fsp3) is 0.0426. The van der Waals surface area contributed by atoms with Crippen molar-refractivity contribution in [1.82, 2.24) is 19.5 Å². The van der Waals surface area contributed by atoms with E-state index in [4.69, 9.17) is 15.0 Å². The largest absolute Gasteiger partial charge is 0.309 e. The van der Waals surface area contributed by atoms with Crippen LogP contribution in [0.3, 0.4) is 0 Å². The highest BCUT2D eigenvalue weighted by Gasteiger charge is 2.48. The summed E-state index contributed by atoms with van der Waals surface area (Å²) in [4.78, 5) is 15.1. The predicted molar refractivity (Wildman–Crippen MR) is 205 cm³/mol. The van der Waals surface area contributed by atoms with E-state index in [1.54, 1.807) is 0 Å². The van der Waals surface area contributed by atoms with E-state index in [2.05, 4.69) is 138 Å². The van der Waals surface area contributed by atoms with E-state index in [0.29, 0.717) is 17.5 Å². The zero-order valence-electron chi connectivity index (χ0n) is 27.7. The lowest BCUT2D eigenvalue weighted by Crippen LogP contribution is -2.39. The first kappa shape index (κ1) is 28.2. The molecule has 1 aliphatic heterocycles. The van der Waals surface area contributed by atoms with Crippen LogP contribution in [-0.2, 0) is 11.8 Å². The lowest BCUT2D eigenvalue weighted by atomic mass is 9.58. The Morgan fingerprint density at radius 1 is 0.412 bits per heavy atom.